The first-order valence-electron chi connectivity index (χ1n) is 5.15. The maximum atomic E-state index is 5.56. The Balaban J connectivity index is 3.53. The molecule has 0 rings (SSSR count). The smallest absolute Gasteiger partial charge is 0.159 e. The van der Waals surface area contributed by atoms with Crippen LogP contribution in [0.5, 0.6) is 0 Å². The minimum Gasteiger partial charge on any atom is -0.353 e. The normalized spacial score (nSPS) is 15.7. The molecule has 0 aromatic carbocycles. The molecule has 80 valence electrons. The number of ether oxygens (including phenoxy) is 2. The summed E-state index contributed by atoms with van der Waals surface area (Å²) >= 11 is 4.17. The molecule has 0 amide bonds. The third-order valence-electron chi connectivity index (χ3n) is 1.67. The van der Waals surface area contributed by atoms with Crippen LogP contribution in [-0.2, 0) is 9.47 Å². The molecule has 0 aromatic heterocycles. The summed E-state index contributed by atoms with van der Waals surface area (Å²) in [6.07, 6.45) is 4.23. The quantitative estimate of drug-likeness (QED) is 0.373. The summed E-state index contributed by atoms with van der Waals surface area (Å²) in [4.78, 5) is 0. The van der Waals surface area contributed by atoms with E-state index in [0.29, 0.717) is 0 Å². The summed E-state index contributed by atoms with van der Waals surface area (Å²) in [5, 5.41) is 0. The molecule has 13 heavy (non-hydrogen) atoms. The van der Waals surface area contributed by atoms with Gasteiger partial charge in [-0.25, -0.2) is 0 Å². The van der Waals surface area contributed by atoms with Crippen molar-refractivity contribution in [2.75, 3.05) is 6.61 Å². The van der Waals surface area contributed by atoms with Crippen LogP contribution < -0.4 is 0 Å². The van der Waals surface area contributed by atoms with Crippen molar-refractivity contribution in [3.63, 3.8) is 0 Å². The predicted molar refractivity (Wildman–Crippen MR) is 59.1 cm³/mol. The van der Waals surface area contributed by atoms with E-state index in [1.54, 1.807) is 0 Å². The first-order chi connectivity index (χ1) is 6.20. The molecule has 0 N–H and O–H groups in total. The Morgan fingerprint density at radius 2 is 1.92 bits per heavy atom. The van der Waals surface area contributed by atoms with Crippen LogP contribution in [0.15, 0.2) is 0 Å². The van der Waals surface area contributed by atoms with Crippen molar-refractivity contribution in [1.82, 2.24) is 0 Å². The molecule has 0 saturated carbocycles. The maximum Gasteiger partial charge on any atom is 0.159 e. The van der Waals surface area contributed by atoms with Crippen molar-refractivity contribution in [3.05, 3.63) is 0 Å². The Bertz CT molecular complexity index is 107. The van der Waals surface area contributed by atoms with E-state index in [1.807, 2.05) is 6.92 Å². The first kappa shape index (κ1) is 13.3. The van der Waals surface area contributed by atoms with E-state index in [4.69, 9.17) is 9.47 Å². The fourth-order valence-electron chi connectivity index (χ4n) is 1.01. The largest absolute Gasteiger partial charge is 0.353 e. The van der Waals surface area contributed by atoms with Crippen molar-refractivity contribution in [3.8, 4) is 0 Å². The second-order valence-electron chi connectivity index (χ2n) is 3.18. The highest BCUT2D eigenvalue weighted by atomic mass is 32.1. The van der Waals surface area contributed by atoms with Crippen LogP contribution in [0.2, 0.25) is 0 Å². The molecule has 3 heteroatoms. The van der Waals surface area contributed by atoms with Gasteiger partial charge in [-0.3, -0.25) is 0 Å². The molecule has 2 nitrogen and oxygen atoms in total. The van der Waals surface area contributed by atoms with Gasteiger partial charge in [-0.15, -0.1) is 12.6 Å². The maximum absolute atomic E-state index is 5.56. The SMILES string of the molecule is CCCCOC(CCC)OC(C)S. The van der Waals surface area contributed by atoms with Gasteiger partial charge in [-0.2, -0.15) is 0 Å². The minimum atomic E-state index is -0.0657. The summed E-state index contributed by atoms with van der Waals surface area (Å²) < 4.78 is 11.0. The second-order valence-corrected chi connectivity index (χ2v) is 3.91. The van der Waals surface area contributed by atoms with Gasteiger partial charge in [0.2, 0.25) is 0 Å². The van der Waals surface area contributed by atoms with Gasteiger partial charge < -0.3 is 9.47 Å². The highest BCUT2D eigenvalue weighted by Crippen LogP contribution is 2.09. The Kier molecular flexibility index (Phi) is 9.03. The van der Waals surface area contributed by atoms with Crippen LogP contribution in [0.25, 0.3) is 0 Å². The molecule has 2 atom stereocenters. The highest BCUT2D eigenvalue weighted by Gasteiger charge is 2.09. The number of rotatable bonds is 8. The third kappa shape index (κ3) is 8.60. The summed E-state index contributed by atoms with van der Waals surface area (Å²) in [6, 6.07) is 0. The standard InChI is InChI=1S/C10H22O2S/c1-4-6-8-11-10(7-5-2)12-9(3)13/h9-10,13H,4-8H2,1-3H3. The van der Waals surface area contributed by atoms with Crippen LogP contribution in [0.3, 0.4) is 0 Å². The second kappa shape index (κ2) is 8.85. The molecular weight excluding hydrogens is 184 g/mol. The van der Waals surface area contributed by atoms with E-state index in [9.17, 15) is 0 Å². The molecule has 0 heterocycles. The molecule has 0 aromatic rings. The number of hydrogen-bond acceptors (Lipinski definition) is 3. The van der Waals surface area contributed by atoms with Gasteiger partial charge in [0.25, 0.3) is 0 Å². The van der Waals surface area contributed by atoms with Gasteiger partial charge in [-0.05, 0) is 19.8 Å². The monoisotopic (exact) mass is 206 g/mol. The van der Waals surface area contributed by atoms with Crippen LogP contribution in [0, 0.1) is 0 Å². The number of hydrogen-bond donors (Lipinski definition) is 1. The van der Waals surface area contributed by atoms with Crippen LogP contribution in [0.4, 0.5) is 0 Å². The zero-order chi connectivity index (χ0) is 10.1. The molecule has 0 aliphatic heterocycles. The first-order valence-corrected chi connectivity index (χ1v) is 5.67. The highest BCUT2D eigenvalue weighted by molar-refractivity contribution is 7.80. The molecule has 2 unspecified atom stereocenters. The third-order valence-corrected chi connectivity index (χ3v) is 1.80. The van der Waals surface area contributed by atoms with E-state index < -0.39 is 0 Å². The Morgan fingerprint density at radius 3 is 2.38 bits per heavy atom. The number of unbranched alkanes of at least 4 members (excludes halogenated alkanes) is 1. The lowest BCUT2D eigenvalue weighted by molar-refractivity contribution is -0.151. The summed E-state index contributed by atoms with van der Waals surface area (Å²) in [6.45, 7) is 6.99. The van der Waals surface area contributed by atoms with Gasteiger partial charge in [0.15, 0.2) is 6.29 Å². The average Bonchev–Trinajstić information content (AvgIpc) is 2.04. The Hall–Kier alpha value is 0.270. The molecular formula is C10H22O2S. The molecule has 0 aliphatic carbocycles. The fourth-order valence-corrected chi connectivity index (χ4v) is 1.14. The van der Waals surface area contributed by atoms with Crippen molar-refractivity contribution >= 4 is 12.6 Å². The zero-order valence-electron chi connectivity index (χ0n) is 8.95. The van der Waals surface area contributed by atoms with Crippen molar-refractivity contribution < 1.29 is 9.47 Å². The summed E-state index contributed by atoms with van der Waals surface area (Å²) in [5.74, 6) is 0. The lowest BCUT2D eigenvalue weighted by Gasteiger charge is -2.19. The predicted octanol–water partition coefficient (Wildman–Crippen LogP) is 3.22. The molecule has 0 aliphatic rings. The van der Waals surface area contributed by atoms with E-state index in [0.717, 1.165) is 32.3 Å². The van der Waals surface area contributed by atoms with Crippen LogP contribution in [-0.4, -0.2) is 18.3 Å². The Morgan fingerprint density at radius 1 is 1.23 bits per heavy atom. The molecule has 0 bridgehead atoms. The van der Waals surface area contributed by atoms with Gasteiger partial charge >= 0.3 is 0 Å². The average molecular weight is 206 g/mol. The Labute approximate surface area is 87.4 Å². The van der Waals surface area contributed by atoms with E-state index >= 15 is 0 Å². The minimum absolute atomic E-state index is 0.0434. The van der Waals surface area contributed by atoms with Crippen molar-refractivity contribution in [2.24, 2.45) is 0 Å². The zero-order valence-corrected chi connectivity index (χ0v) is 9.85. The van der Waals surface area contributed by atoms with E-state index in [2.05, 4.69) is 26.5 Å². The van der Waals surface area contributed by atoms with Crippen molar-refractivity contribution in [1.29, 1.82) is 0 Å². The van der Waals surface area contributed by atoms with Crippen LogP contribution >= 0.6 is 12.6 Å². The summed E-state index contributed by atoms with van der Waals surface area (Å²) in [5.41, 5.74) is -0.0434. The lowest BCUT2D eigenvalue weighted by Crippen LogP contribution is -2.20. The molecule has 0 radical (unpaired) electrons. The van der Waals surface area contributed by atoms with Gasteiger partial charge in [0, 0.05) is 6.61 Å². The fraction of sp³-hybridized carbons (Fsp3) is 1.00. The molecule has 0 spiro atoms. The van der Waals surface area contributed by atoms with Crippen LogP contribution in [0.1, 0.15) is 46.5 Å². The van der Waals surface area contributed by atoms with Gasteiger partial charge in [-0.1, -0.05) is 26.7 Å². The number of thiol groups is 1. The van der Waals surface area contributed by atoms with Gasteiger partial charge in [0.05, 0.1) is 0 Å². The lowest BCUT2D eigenvalue weighted by atomic mass is 10.3. The molecule has 0 saturated heterocycles. The van der Waals surface area contributed by atoms with E-state index in [1.165, 1.54) is 0 Å². The van der Waals surface area contributed by atoms with E-state index in [-0.39, 0.29) is 11.7 Å². The topological polar surface area (TPSA) is 18.5 Å². The summed E-state index contributed by atoms with van der Waals surface area (Å²) in [7, 11) is 0. The van der Waals surface area contributed by atoms with Crippen molar-refractivity contribution in [2.45, 2.75) is 58.2 Å². The van der Waals surface area contributed by atoms with Gasteiger partial charge in [0.1, 0.15) is 5.44 Å². The molecule has 0 fully saturated rings.